The number of benzene rings is 2. The number of fused-ring (bicyclic) bond motifs is 1. The number of amides is 2. The van der Waals surface area contributed by atoms with Crippen molar-refractivity contribution in [3.63, 3.8) is 0 Å². The van der Waals surface area contributed by atoms with Crippen molar-refractivity contribution < 1.29 is 19.2 Å². The van der Waals surface area contributed by atoms with Crippen molar-refractivity contribution in [2.75, 3.05) is 17.2 Å². The van der Waals surface area contributed by atoms with E-state index in [-0.39, 0.29) is 28.8 Å². The molecule has 2 aromatic rings. The van der Waals surface area contributed by atoms with Crippen LogP contribution in [-0.2, 0) is 4.79 Å². The molecule has 3 rings (SSSR count). The molecule has 0 unspecified atom stereocenters. The molecule has 0 aliphatic carbocycles. The minimum absolute atomic E-state index is 0.0262. The van der Waals surface area contributed by atoms with Crippen LogP contribution in [0.1, 0.15) is 24.2 Å². The highest BCUT2D eigenvalue weighted by Gasteiger charge is 2.32. The highest BCUT2D eigenvalue weighted by Crippen LogP contribution is 2.34. The van der Waals surface area contributed by atoms with Gasteiger partial charge in [-0.25, -0.2) is 0 Å². The molecule has 2 N–H and O–H groups in total. The van der Waals surface area contributed by atoms with Gasteiger partial charge in [0.1, 0.15) is 12.4 Å². The topological polar surface area (TPSA) is 111 Å². The summed E-state index contributed by atoms with van der Waals surface area (Å²) in [5.74, 6) is -0.245. The van der Waals surface area contributed by atoms with Crippen molar-refractivity contribution in [2.45, 2.75) is 13.8 Å². The number of anilines is 2. The lowest BCUT2D eigenvalue weighted by Gasteiger charge is -2.18. The van der Waals surface area contributed by atoms with Gasteiger partial charge in [0.15, 0.2) is 0 Å². The largest absolute Gasteiger partial charge is 0.490 e. The Morgan fingerprint density at radius 1 is 1.30 bits per heavy atom. The Balaban J connectivity index is 1.81. The third-order valence-electron chi connectivity index (χ3n) is 4.10. The quantitative estimate of drug-likeness (QED) is 0.611. The van der Waals surface area contributed by atoms with Crippen LogP contribution in [0.2, 0.25) is 5.02 Å². The third kappa shape index (κ3) is 3.85. The molecule has 0 saturated heterocycles. The van der Waals surface area contributed by atoms with E-state index in [0.29, 0.717) is 17.1 Å². The van der Waals surface area contributed by atoms with Gasteiger partial charge in [-0.2, -0.15) is 0 Å². The first kappa shape index (κ1) is 18.7. The van der Waals surface area contributed by atoms with E-state index in [1.807, 2.05) is 0 Å². The van der Waals surface area contributed by atoms with E-state index >= 15 is 0 Å². The van der Waals surface area contributed by atoms with Gasteiger partial charge < -0.3 is 15.4 Å². The van der Waals surface area contributed by atoms with E-state index in [0.717, 1.165) is 6.07 Å². The molecule has 8 nitrogen and oxygen atoms in total. The van der Waals surface area contributed by atoms with Gasteiger partial charge in [-0.3, -0.25) is 19.7 Å². The minimum Gasteiger partial charge on any atom is -0.490 e. The second kappa shape index (κ2) is 6.88. The maximum atomic E-state index is 12.4. The van der Waals surface area contributed by atoms with Gasteiger partial charge in [-0.15, -0.1) is 0 Å². The highest BCUT2D eigenvalue weighted by molar-refractivity contribution is 6.34. The molecule has 0 atom stereocenters. The number of non-ortho nitro benzene ring substituents is 1. The molecule has 140 valence electrons. The molecule has 1 aliphatic rings. The Bertz CT molecular complexity index is 958. The summed E-state index contributed by atoms with van der Waals surface area (Å²) in [7, 11) is 0. The molecular weight excluding hydrogens is 374 g/mol. The molecule has 1 heterocycles. The van der Waals surface area contributed by atoms with E-state index in [4.69, 9.17) is 16.3 Å². The SMILES string of the molecule is CC1(C)COc2cc(NC(=O)c3ccc([N+](=O)[O-])cc3Cl)ccc2NC1=O. The number of nitro benzene ring substituents is 1. The molecule has 2 amide bonds. The maximum absolute atomic E-state index is 12.4. The second-order valence-corrected chi connectivity index (χ2v) is 7.12. The van der Waals surface area contributed by atoms with Crippen LogP contribution in [0.15, 0.2) is 36.4 Å². The van der Waals surface area contributed by atoms with E-state index in [1.54, 1.807) is 32.0 Å². The van der Waals surface area contributed by atoms with Crippen LogP contribution < -0.4 is 15.4 Å². The first-order valence-electron chi connectivity index (χ1n) is 8.01. The van der Waals surface area contributed by atoms with Crippen molar-refractivity contribution in [1.82, 2.24) is 0 Å². The second-order valence-electron chi connectivity index (χ2n) is 6.71. The number of nitrogens with zero attached hydrogens (tertiary/aromatic N) is 1. The number of hydrogen-bond donors (Lipinski definition) is 2. The van der Waals surface area contributed by atoms with E-state index in [2.05, 4.69) is 10.6 Å². The molecular formula is C18H16ClN3O5. The lowest BCUT2D eigenvalue weighted by Crippen LogP contribution is -2.33. The molecule has 0 fully saturated rings. The Morgan fingerprint density at radius 3 is 2.70 bits per heavy atom. The lowest BCUT2D eigenvalue weighted by atomic mass is 9.94. The summed E-state index contributed by atoms with van der Waals surface area (Å²) in [4.78, 5) is 34.7. The number of hydrogen-bond acceptors (Lipinski definition) is 5. The van der Waals surface area contributed by atoms with E-state index in [1.165, 1.54) is 12.1 Å². The van der Waals surface area contributed by atoms with Crippen molar-refractivity contribution in [3.8, 4) is 5.75 Å². The zero-order chi connectivity index (χ0) is 19.8. The maximum Gasteiger partial charge on any atom is 0.270 e. The number of ether oxygens (including phenoxy) is 1. The van der Waals surface area contributed by atoms with Crippen LogP contribution in [0.4, 0.5) is 17.1 Å². The number of nitrogens with one attached hydrogen (secondary N) is 2. The molecule has 2 aromatic carbocycles. The average Bonchev–Trinajstić information content (AvgIpc) is 2.71. The monoisotopic (exact) mass is 389 g/mol. The van der Waals surface area contributed by atoms with Crippen LogP contribution in [0.3, 0.4) is 0 Å². The van der Waals surface area contributed by atoms with E-state index < -0.39 is 16.2 Å². The Labute approximate surface area is 159 Å². The van der Waals surface area contributed by atoms with Gasteiger partial charge in [0, 0.05) is 23.9 Å². The fourth-order valence-corrected chi connectivity index (χ4v) is 2.70. The van der Waals surface area contributed by atoms with Crippen molar-refractivity contribution in [2.24, 2.45) is 5.41 Å². The highest BCUT2D eigenvalue weighted by atomic mass is 35.5. The molecule has 0 saturated carbocycles. The van der Waals surface area contributed by atoms with Crippen LogP contribution in [0, 0.1) is 15.5 Å². The zero-order valence-corrected chi connectivity index (χ0v) is 15.3. The number of carbonyl (C=O) groups is 2. The molecule has 0 bridgehead atoms. The summed E-state index contributed by atoms with van der Waals surface area (Å²) >= 11 is 5.98. The van der Waals surface area contributed by atoms with Gasteiger partial charge in [-0.05, 0) is 32.0 Å². The van der Waals surface area contributed by atoms with Crippen LogP contribution in [0.5, 0.6) is 5.75 Å². The first-order chi connectivity index (χ1) is 12.7. The Morgan fingerprint density at radius 2 is 2.04 bits per heavy atom. The smallest absolute Gasteiger partial charge is 0.270 e. The minimum atomic E-state index is -0.686. The van der Waals surface area contributed by atoms with Gasteiger partial charge in [0.25, 0.3) is 11.6 Å². The molecule has 0 radical (unpaired) electrons. The van der Waals surface area contributed by atoms with Gasteiger partial charge >= 0.3 is 0 Å². The number of carbonyl (C=O) groups excluding carboxylic acids is 2. The Hall–Kier alpha value is -3.13. The number of halogens is 1. The number of rotatable bonds is 3. The average molecular weight is 390 g/mol. The summed E-state index contributed by atoms with van der Waals surface area (Å²) in [6, 6.07) is 8.44. The van der Waals surface area contributed by atoms with Gasteiger partial charge in [0.05, 0.1) is 26.6 Å². The summed E-state index contributed by atoms with van der Waals surface area (Å²) in [6.45, 7) is 3.73. The number of nitro groups is 1. The van der Waals surface area contributed by atoms with Crippen LogP contribution in [-0.4, -0.2) is 23.3 Å². The van der Waals surface area contributed by atoms with E-state index in [9.17, 15) is 19.7 Å². The van der Waals surface area contributed by atoms with Crippen molar-refractivity contribution in [1.29, 1.82) is 0 Å². The van der Waals surface area contributed by atoms with Crippen molar-refractivity contribution in [3.05, 3.63) is 57.1 Å². The predicted molar refractivity (Wildman–Crippen MR) is 100 cm³/mol. The third-order valence-corrected chi connectivity index (χ3v) is 4.41. The van der Waals surface area contributed by atoms with Crippen LogP contribution >= 0.6 is 11.6 Å². The summed E-state index contributed by atoms with van der Waals surface area (Å²) in [6.07, 6.45) is 0. The standard InChI is InChI=1S/C18H16ClN3O5/c1-18(2)9-27-15-7-10(3-6-14(15)21-17(18)24)20-16(23)12-5-4-11(22(25)26)8-13(12)19/h3-8H,9H2,1-2H3,(H,20,23)(H,21,24). The molecule has 27 heavy (non-hydrogen) atoms. The molecule has 0 spiro atoms. The summed E-state index contributed by atoms with van der Waals surface area (Å²) in [5.41, 5.74) is 0.161. The fraction of sp³-hybridized carbons (Fsp3) is 0.222. The van der Waals surface area contributed by atoms with Crippen LogP contribution in [0.25, 0.3) is 0 Å². The molecule has 0 aromatic heterocycles. The summed E-state index contributed by atoms with van der Waals surface area (Å²) < 4.78 is 5.69. The zero-order valence-electron chi connectivity index (χ0n) is 14.5. The first-order valence-corrected chi connectivity index (χ1v) is 8.39. The lowest BCUT2D eigenvalue weighted by molar-refractivity contribution is -0.384. The van der Waals surface area contributed by atoms with Gasteiger partial charge in [-0.1, -0.05) is 11.6 Å². The summed E-state index contributed by atoms with van der Waals surface area (Å²) in [5, 5.41) is 16.2. The van der Waals surface area contributed by atoms with Gasteiger partial charge in [0.2, 0.25) is 5.91 Å². The molecule has 1 aliphatic heterocycles. The van der Waals surface area contributed by atoms with Crippen molar-refractivity contribution >= 4 is 40.5 Å². The normalized spacial score (nSPS) is 15.0. The Kier molecular flexibility index (Phi) is 4.75. The fourth-order valence-electron chi connectivity index (χ4n) is 2.44. The predicted octanol–water partition coefficient (Wildman–Crippen LogP) is 3.86. The molecule has 9 heteroatoms.